The van der Waals surface area contributed by atoms with Crippen molar-refractivity contribution in [2.45, 2.75) is 89.5 Å². The lowest BCUT2D eigenvalue weighted by atomic mass is 9.96. The Bertz CT molecular complexity index is 1120. The first kappa shape index (κ1) is 45.3. The number of allylic oxidation sites excluding steroid dienone is 10. The number of benzene rings is 2. The highest BCUT2D eigenvalue weighted by atomic mass is 19.2. The molecule has 0 saturated carbocycles. The Hall–Kier alpha value is -3.66. The average molecular weight is 584 g/mol. The Kier molecular flexibility index (Phi) is 32.7. The van der Waals surface area contributed by atoms with Gasteiger partial charge < -0.3 is 5.41 Å². The number of nitrogens with one attached hydrogen (secondary N) is 1. The molecule has 4 heteroatoms. The van der Waals surface area contributed by atoms with Crippen LogP contribution >= 0.6 is 0 Å². The fourth-order valence-corrected chi connectivity index (χ4v) is 2.38. The van der Waals surface area contributed by atoms with Gasteiger partial charge in [-0.25, -0.2) is 13.2 Å². The van der Waals surface area contributed by atoms with Gasteiger partial charge in [0.15, 0.2) is 11.7 Å². The molecule has 0 saturated heterocycles. The summed E-state index contributed by atoms with van der Waals surface area (Å²) in [6, 6.07) is 15.5. The summed E-state index contributed by atoms with van der Waals surface area (Å²) in [5, 5.41) is 6.93. The molecule has 0 aliphatic rings. The minimum atomic E-state index is -0.799. The van der Waals surface area contributed by atoms with Crippen LogP contribution in [0.15, 0.2) is 120 Å². The first-order valence-corrected chi connectivity index (χ1v) is 14.3. The number of halogens is 3. The van der Waals surface area contributed by atoms with Crippen LogP contribution in [0.4, 0.5) is 13.2 Å². The molecule has 1 N–H and O–H groups in total. The summed E-state index contributed by atoms with van der Waals surface area (Å²) < 4.78 is 36.5. The van der Waals surface area contributed by atoms with Gasteiger partial charge in [0, 0.05) is 6.21 Å². The van der Waals surface area contributed by atoms with Gasteiger partial charge in [0.25, 0.3) is 0 Å². The summed E-state index contributed by atoms with van der Waals surface area (Å²) in [5.41, 5.74) is 6.96. The molecule has 0 aliphatic heterocycles. The summed E-state index contributed by atoms with van der Waals surface area (Å²) in [6.45, 7) is 30.6. The van der Waals surface area contributed by atoms with Crippen LogP contribution in [-0.2, 0) is 0 Å². The maximum absolute atomic E-state index is 12.6. The van der Waals surface area contributed by atoms with Gasteiger partial charge in [0.2, 0.25) is 0 Å². The van der Waals surface area contributed by atoms with Gasteiger partial charge in [-0.15, -0.1) is 0 Å². The second-order valence-electron chi connectivity index (χ2n) is 8.83. The van der Waals surface area contributed by atoms with E-state index in [0.717, 1.165) is 40.0 Å². The van der Waals surface area contributed by atoms with Gasteiger partial charge in [-0.05, 0) is 113 Å². The third-order valence-electron chi connectivity index (χ3n) is 5.09. The highest BCUT2D eigenvalue weighted by Gasteiger charge is 2.02. The summed E-state index contributed by atoms with van der Waals surface area (Å²) in [6.07, 6.45) is 8.39. The van der Waals surface area contributed by atoms with Crippen LogP contribution in [0.25, 0.3) is 0 Å². The molecule has 0 aromatic heterocycles. The van der Waals surface area contributed by atoms with Crippen molar-refractivity contribution in [1.29, 1.82) is 5.41 Å². The van der Waals surface area contributed by atoms with Crippen LogP contribution in [0.1, 0.15) is 85.4 Å². The molecule has 2 aromatic rings. The van der Waals surface area contributed by atoms with Gasteiger partial charge in [0.05, 0.1) is 0 Å². The van der Waals surface area contributed by atoms with E-state index in [1.54, 1.807) is 19.1 Å². The van der Waals surface area contributed by atoms with E-state index >= 15 is 0 Å². The number of aryl methyl sites for hydroxylation is 3. The Balaban J connectivity index is -0.000000222. The molecule has 0 heterocycles. The third-order valence-corrected chi connectivity index (χ3v) is 5.09. The topological polar surface area (TPSA) is 23.9 Å². The van der Waals surface area contributed by atoms with E-state index in [-0.39, 0.29) is 5.82 Å². The molecule has 1 nitrogen and oxygen atoms in total. The van der Waals surface area contributed by atoms with E-state index in [1.165, 1.54) is 38.1 Å². The fourth-order valence-electron chi connectivity index (χ4n) is 2.38. The first-order chi connectivity index (χ1) is 19.8. The number of hydrogen-bond acceptors (Lipinski definition) is 1. The zero-order valence-corrected chi connectivity index (χ0v) is 28.3. The molecule has 0 radical (unpaired) electrons. The van der Waals surface area contributed by atoms with Crippen molar-refractivity contribution < 1.29 is 13.2 Å². The van der Waals surface area contributed by atoms with Crippen LogP contribution in [-0.4, -0.2) is 6.21 Å². The van der Waals surface area contributed by atoms with E-state index in [2.05, 4.69) is 46.1 Å². The van der Waals surface area contributed by atoms with Crippen molar-refractivity contribution in [3.8, 4) is 0 Å². The van der Waals surface area contributed by atoms with Gasteiger partial charge in [-0.1, -0.05) is 101 Å². The van der Waals surface area contributed by atoms with Crippen LogP contribution in [0.2, 0.25) is 0 Å². The van der Waals surface area contributed by atoms with E-state index in [0.29, 0.717) is 5.56 Å². The Morgan fingerprint density at radius 2 is 1.17 bits per heavy atom. The SMILES string of the molecule is C/C=C(F)\C(F)=C/C.C=C(C(=C)/C(C)=C/C=N)/C(C)=C\C.CC.CCC.Cc1ccc(C)c(F)c1.Cc1ccccc1. The Morgan fingerprint density at radius 1 is 0.738 bits per heavy atom. The van der Waals surface area contributed by atoms with Crippen molar-refractivity contribution in [3.05, 3.63) is 142 Å². The van der Waals surface area contributed by atoms with Gasteiger partial charge >= 0.3 is 0 Å². The molecular weight excluding hydrogens is 527 g/mol. The summed E-state index contributed by atoms with van der Waals surface area (Å²) >= 11 is 0. The molecular formula is C38H56F3N. The van der Waals surface area contributed by atoms with E-state index in [9.17, 15) is 13.2 Å². The molecule has 234 valence electrons. The minimum absolute atomic E-state index is 0.116. The summed E-state index contributed by atoms with van der Waals surface area (Å²) in [4.78, 5) is 0. The molecule has 2 rings (SSSR count). The molecule has 42 heavy (non-hydrogen) atoms. The fraction of sp³-hybridized carbons (Fsp3) is 0.342. The molecule has 0 bridgehead atoms. The highest BCUT2D eigenvalue weighted by Crippen LogP contribution is 2.21. The molecule has 0 unspecified atom stereocenters. The highest BCUT2D eigenvalue weighted by molar-refractivity contribution is 5.71. The molecule has 0 aliphatic carbocycles. The first-order valence-electron chi connectivity index (χ1n) is 14.3. The smallest absolute Gasteiger partial charge is 0.154 e. The second-order valence-corrected chi connectivity index (χ2v) is 8.83. The van der Waals surface area contributed by atoms with Crippen LogP contribution < -0.4 is 0 Å². The Morgan fingerprint density at radius 3 is 1.45 bits per heavy atom. The maximum Gasteiger partial charge on any atom is 0.154 e. The lowest BCUT2D eigenvalue weighted by Crippen LogP contribution is -1.90. The number of hydrogen-bond donors (Lipinski definition) is 1. The van der Waals surface area contributed by atoms with Gasteiger partial charge in [0.1, 0.15) is 5.82 Å². The predicted molar refractivity (Wildman–Crippen MR) is 184 cm³/mol. The van der Waals surface area contributed by atoms with E-state index in [4.69, 9.17) is 5.41 Å². The molecule has 0 fully saturated rings. The lowest BCUT2D eigenvalue weighted by molar-refractivity contribution is 0.542. The zero-order valence-electron chi connectivity index (χ0n) is 28.3. The predicted octanol–water partition coefficient (Wildman–Crippen LogP) is 13.3. The molecule has 0 amide bonds. The summed E-state index contributed by atoms with van der Waals surface area (Å²) in [7, 11) is 0. The largest absolute Gasteiger partial charge is 0.309 e. The monoisotopic (exact) mass is 583 g/mol. The van der Waals surface area contributed by atoms with Crippen molar-refractivity contribution in [2.24, 2.45) is 0 Å². The van der Waals surface area contributed by atoms with E-state index in [1.807, 2.05) is 71.9 Å². The van der Waals surface area contributed by atoms with Crippen molar-refractivity contribution in [2.75, 3.05) is 0 Å². The van der Waals surface area contributed by atoms with Crippen molar-refractivity contribution in [1.82, 2.24) is 0 Å². The molecule has 0 atom stereocenters. The van der Waals surface area contributed by atoms with Crippen LogP contribution in [0.3, 0.4) is 0 Å². The molecule has 2 aromatic carbocycles. The zero-order chi connectivity index (χ0) is 33.7. The van der Waals surface area contributed by atoms with Crippen molar-refractivity contribution >= 4 is 6.21 Å². The quantitative estimate of drug-likeness (QED) is 0.267. The standard InChI is InChI=1S/C12H17N.C8H9F.C7H8.C6H8F2.C3H8.C2H6/c1-6-9(2)11(4)12(5)10(3)7-8-13;1-6-3-4-7(2)8(9)5-6;1-7-5-3-2-4-6-7;1-3-5(7)6(8)4-2;1-3-2;1-2/h6-8,13H,4-5H2,1-3H3;3-5H,1-2H3;2-6H,1H3;3-4H,1-2H3;3H2,1-2H3;1-2H3/b9-6-,10-7+,13-8?;;;5-3+,6-4+;;. The normalized spacial score (nSPS) is 10.7. The van der Waals surface area contributed by atoms with Crippen molar-refractivity contribution in [3.63, 3.8) is 0 Å². The third kappa shape index (κ3) is 25.3. The van der Waals surface area contributed by atoms with E-state index < -0.39 is 11.7 Å². The van der Waals surface area contributed by atoms with Crippen LogP contribution in [0, 0.1) is 32.0 Å². The van der Waals surface area contributed by atoms with Crippen LogP contribution in [0.5, 0.6) is 0 Å². The number of rotatable bonds is 5. The van der Waals surface area contributed by atoms with Gasteiger partial charge in [-0.3, -0.25) is 0 Å². The minimum Gasteiger partial charge on any atom is -0.309 e. The van der Waals surface area contributed by atoms with Gasteiger partial charge in [-0.2, -0.15) is 0 Å². The second kappa shape index (κ2) is 30.3. The Labute approximate surface area is 256 Å². The summed E-state index contributed by atoms with van der Waals surface area (Å²) in [5.74, 6) is -1.71. The lowest BCUT2D eigenvalue weighted by Gasteiger charge is -2.09. The maximum atomic E-state index is 12.6. The average Bonchev–Trinajstić information content (AvgIpc) is 3.00. The molecule has 0 spiro atoms.